The summed E-state index contributed by atoms with van der Waals surface area (Å²) < 4.78 is 0. The molecule has 0 aliphatic rings. The van der Waals surface area contributed by atoms with Crippen LogP contribution >= 0.6 is 0 Å². The van der Waals surface area contributed by atoms with Crippen LogP contribution in [-0.2, 0) is 4.79 Å². The van der Waals surface area contributed by atoms with Crippen LogP contribution in [0.4, 0.5) is 11.4 Å². The number of carbonyl (C=O) groups is 2. The van der Waals surface area contributed by atoms with E-state index in [1.54, 1.807) is 24.3 Å². The molecule has 0 fully saturated rings. The summed E-state index contributed by atoms with van der Waals surface area (Å²) in [5, 5.41) is 12.5. The molecule has 0 atom stereocenters. The van der Waals surface area contributed by atoms with Crippen LogP contribution in [0.25, 0.3) is 0 Å². The van der Waals surface area contributed by atoms with Gasteiger partial charge in [-0.25, -0.2) is 0 Å². The molecule has 2 rings (SSSR count). The molecule has 0 aliphatic heterocycles. The Morgan fingerprint density at radius 3 is 2.64 bits per heavy atom. The number of hydrogen-bond donors (Lipinski definition) is 3. The van der Waals surface area contributed by atoms with Gasteiger partial charge in [-0.15, -0.1) is 0 Å². The highest BCUT2D eigenvalue weighted by molar-refractivity contribution is 6.05. The number of carbonyl (C=O) groups excluding carboxylic acids is 2. The zero-order chi connectivity index (χ0) is 16.1. The van der Waals surface area contributed by atoms with Crippen LogP contribution in [0.15, 0.2) is 24.3 Å². The lowest BCUT2D eigenvalue weighted by Gasteiger charge is -2.08. The zero-order valence-corrected chi connectivity index (χ0v) is 13.0. The van der Waals surface area contributed by atoms with Crippen LogP contribution < -0.4 is 10.6 Å². The van der Waals surface area contributed by atoms with E-state index in [-0.39, 0.29) is 11.8 Å². The molecule has 2 aromatic rings. The van der Waals surface area contributed by atoms with Crippen molar-refractivity contribution in [1.29, 1.82) is 0 Å². The first kappa shape index (κ1) is 15.8. The Morgan fingerprint density at radius 1 is 1.23 bits per heavy atom. The second-order valence-electron chi connectivity index (χ2n) is 5.14. The first-order valence-electron chi connectivity index (χ1n) is 7.24. The van der Waals surface area contributed by atoms with Gasteiger partial charge in [0.2, 0.25) is 5.91 Å². The maximum Gasteiger partial charge on any atom is 0.255 e. The van der Waals surface area contributed by atoms with Crippen molar-refractivity contribution in [1.82, 2.24) is 10.2 Å². The minimum absolute atomic E-state index is 0.0541. The largest absolute Gasteiger partial charge is 0.326 e. The number of aromatic nitrogens is 2. The van der Waals surface area contributed by atoms with Crippen molar-refractivity contribution in [2.45, 2.75) is 33.6 Å². The van der Waals surface area contributed by atoms with Crippen molar-refractivity contribution in [2.75, 3.05) is 10.6 Å². The molecular formula is C16H20N4O2. The average molecular weight is 300 g/mol. The van der Waals surface area contributed by atoms with E-state index >= 15 is 0 Å². The molecule has 116 valence electrons. The molecule has 0 saturated heterocycles. The van der Waals surface area contributed by atoms with E-state index in [9.17, 15) is 9.59 Å². The molecule has 1 aromatic heterocycles. The molecule has 2 amide bonds. The Balaban J connectivity index is 2.12. The van der Waals surface area contributed by atoms with E-state index in [1.807, 2.05) is 20.8 Å². The number of rotatable bonds is 5. The number of hydrogen-bond acceptors (Lipinski definition) is 3. The van der Waals surface area contributed by atoms with E-state index in [0.29, 0.717) is 23.4 Å². The highest BCUT2D eigenvalue weighted by Crippen LogP contribution is 2.18. The number of benzene rings is 1. The summed E-state index contributed by atoms with van der Waals surface area (Å²) in [7, 11) is 0. The number of nitrogens with zero attached hydrogens (tertiary/aromatic N) is 1. The second kappa shape index (κ2) is 6.89. The topological polar surface area (TPSA) is 86.9 Å². The zero-order valence-electron chi connectivity index (χ0n) is 13.0. The molecule has 0 unspecified atom stereocenters. The Bertz CT molecular complexity index is 672. The van der Waals surface area contributed by atoms with Crippen LogP contribution in [0.3, 0.4) is 0 Å². The summed E-state index contributed by atoms with van der Waals surface area (Å²) in [6.45, 7) is 5.61. The van der Waals surface area contributed by atoms with Crippen LogP contribution in [0.2, 0.25) is 0 Å². The molecule has 0 radical (unpaired) electrons. The third kappa shape index (κ3) is 3.72. The van der Waals surface area contributed by atoms with Crippen molar-refractivity contribution in [2.24, 2.45) is 0 Å². The maximum atomic E-state index is 12.3. The minimum atomic E-state index is -0.237. The lowest BCUT2D eigenvalue weighted by molar-refractivity contribution is -0.116. The average Bonchev–Trinajstić information content (AvgIpc) is 2.79. The van der Waals surface area contributed by atoms with Gasteiger partial charge in [-0.05, 0) is 38.5 Å². The van der Waals surface area contributed by atoms with Gasteiger partial charge in [0, 0.05) is 17.7 Å². The van der Waals surface area contributed by atoms with E-state index in [2.05, 4.69) is 20.8 Å². The van der Waals surface area contributed by atoms with Crippen LogP contribution in [0.5, 0.6) is 0 Å². The normalized spacial score (nSPS) is 10.3. The molecule has 6 heteroatoms. The van der Waals surface area contributed by atoms with Gasteiger partial charge in [0.15, 0.2) is 0 Å². The molecule has 1 aromatic carbocycles. The number of amides is 2. The molecule has 6 nitrogen and oxygen atoms in total. The number of aryl methyl sites for hydroxylation is 2. The van der Waals surface area contributed by atoms with Gasteiger partial charge in [-0.1, -0.05) is 13.0 Å². The van der Waals surface area contributed by atoms with Crippen molar-refractivity contribution in [3.05, 3.63) is 41.2 Å². The number of nitrogens with one attached hydrogen (secondary N) is 3. The van der Waals surface area contributed by atoms with E-state index in [4.69, 9.17) is 0 Å². The predicted octanol–water partition coefficient (Wildman–Crippen LogP) is 3.02. The molecule has 0 saturated carbocycles. The van der Waals surface area contributed by atoms with Gasteiger partial charge in [0.1, 0.15) is 0 Å². The predicted molar refractivity (Wildman–Crippen MR) is 86.0 cm³/mol. The Labute approximate surface area is 129 Å². The SMILES string of the molecule is CCCC(=O)Nc1cccc(C(=O)Nc2c(C)n[nH]c2C)c1. The van der Waals surface area contributed by atoms with Gasteiger partial charge in [0.25, 0.3) is 5.91 Å². The van der Waals surface area contributed by atoms with Gasteiger partial charge in [-0.3, -0.25) is 14.7 Å². The summed E-state index contributed by atoms with van der Waals surface area (Å²) >= 11 is 0. The van der Waals surface area contributed by atoms with Gasteiger partial charge in [-0.2, -0.15) is 5.10 Å². The number of anilines is 2. The molecule has 3 N–H and O–H groups in total. The Kier molecular flexibility index (Phi) is 4.93. The van der Waals surface area contributed by atoms with Crippen molar-refractivity contribution in [3.63, 3.8) is 0 Å². The van der Waals surface area contributed by atoms with Crippen molar-refractivity contribution < 1.29 is 9.59 Å². The summed E-state index contributed by atoms with van der Waals surface area (Å²) in [5.41, 5.74) is 3.32. The monoisotopic (exact) mass is 300 g/mol. The standard InChI is InChI=1S/C16H20N4O2/c1-4-6-14(21)17-13-8-5-7-12(9-13)16(22)18-15-10(2)19-20-11(15)3/h5,7-9H,4,6H2,1-3H3,(H,17,21)(H,18,22)(H,19,20). The lowest BCUT2D eigenvalue weighted by Crippen LogP contribution is -2.14. The van der Waals surface area contributed by atoms with Crippen molar-refractivity contribution in [3.8, 4) is 0 Å². The van der Waals surface area contributed by atoms with Crippen molar-refractivity contribution >= 4 is 23.2 Å². The van der Waals surface area contributed by atoms with Gasteiger partial charge in [0.05, 0.1) is 17.1 Å². The second-order valence-corrected chi connectivity index (χ2v) is 5.14. The molecule has 0 aliphatic carbocycles. The molecule has 22 heavy (non-hydrogen) atoms. The Morgan fingerprint density at radius 2 is 2.00 bits per heavy atom. The highest BCUT2D eigenvalue weighted by atomic mass is 16.2. The quantitative estimate of drug-likeness (QED) is 0.793. The smallest absolute Gasteiger partial charge is 0.255 e. The number of H-pyrrole nitrogens is 1. The first-order chi connectivity index (χ1) is 10.5. The summed E-state index contributed by atoms with van der Waals surface area (Å²) in [4.78, 5) is 23.9. The van der Waals surface area contributed by atoms with Crippen LogP contribution in [0, 0.1) is 13.8 Å². The van der Waals surface area contributed by atoms with E-state index < -0.39 is 0 Å². The van der Waals surface area contributed by atoms with Crippen LogP contribution in [0.1, 0.15) is 41.5 Å². The minimum Gasteiger partial charge on any atom is -0.326 e. The highest BCUT2D eigenvalue weighted by Gasteiger charge is 2.12. The van der Waals surface area contributed by atoms with Crippen LogP contribution in [-0.4, -0.2) is 22.0 Å². The molecule has 1 heterocycles. The maximum absolute atomic E-state index is 12.3. The lowest BCUT2D eigenvalue weighted by atomic mass is 10.1. The van der Waals surface area contributed by atoms with Gasteiger partial charge >= 0.3 is 0 Å². The summed E-state index contributed by atoms with van der Waals surface area (Å²) in [6.07, 6.45) is 1.24. The molecule has 0 spiro atoms. The third-order valence-electron chi connectivity index (χ3n) is 3.25. The fourth-order valence-electron chi connectivity index (χ4n) is 2.11. The first-order valence-corrected chi connectivity index (χ1v) is 7.24. The molecular weight excluding hydrogens is 280 g/mol. The Hall–Kier alpha value is -2.63. The fourth-order valence-corrected chi connectivity index (χ4v) is 2.11. The van der Waals surface area contributed by atoms with Gasteiger partial charge < -0.3 is 10.6 Å². The van der Waals surface area contributed by atoms with E-state index in [1.165, 1.54) is 0 Å². The third-order valence-corrected chi connectivity index (χ3v) is 3.25. The fraction of sp³-hybridized carbons (Fsp3) is 0.312. The van der Waals surface area contributed by atoms with E-state index in [0.717, 1.165) is 17.8 Å². The summed E-state index contributed by atoms with van der Waals surface area (Å²) in [5.74, 6) is -0.291. The molecule has 0 bridgehead atoms. The number of aromatic amines is 1. The summed E-state index contributed by atoms with van der Waals surface area (Å²) in [6, 6.07) is 6.87.